The molecule has 1 aromatic rings. The quantitative estimate of drug-likeness (QED) is 0.909. The topological polar surface area (TPSA) is 46.5 Å². The highest BCUT2D eigenvalue weighted by atomic mass is 19.1. The Kier molecular flexibility index (Phi) is 3.42. The number of alkyl halides is 1. The minimum atomic E-state index is -2.32. The molecule has 0 bridgehead atoms. The molecule has 2 rings (SSSR count). The zero-order valence-corrected chi connectivity index (χ0v) is 10.8. The van der Waals surface area contributed by atoms with Crippen LogP contribution in [0.15, 0.2) is 42.0 Å². The summed E-state index contributed by atoms with van der Waals surface area (Å²) in [6, 6.07) is 7.15. The Morgan fingerprint density at radius 1 is 1.37 bits per heavy atom. The first-order chi connectivity index (χ1) is 8.96. The first-order valence-corrected chi connectivity index (χ1v) is 5.92. The van der Waals surface area contributed by atoms with E-state index < -0.39 is 11.6 Å². The number of hydrogen-bond donors (Lipinski definition) is 1. The fraction of sp³-hybridized carbons (Fsp3) is 0.267. The molecule has 0 fully saturated rings. The maximum atomic E-state index is 14.2. The second-order valence-corrected chi connectivity index (χ2v) is 4.57. The summed E-state index contributed by atoms with van der Waals surface area (Å²) in [6.07, 6.45) is 2.48. The molecule has 0 aliphatic heterocycles. The van der Waals surface area contributed by atoms with Gasteiger partial charge in [-0.05, 0) is 41.8 Å². The molecule has 0 saturated carbocycles. The van der Waals surface area contributed by atoms with Crippen LogP contribution < -0.4 is 4.74 Å². The number of benzene rings is 1. The van der Waals surface area contributed by atoms with Crippen LogP contribution in [0.3, 0.4) is 0 Å². The summed E-state index contributed by atoms with van der Waals surface area (Å²) in [4.78, 5) is 11.0. The van der Waals surface area contributed by atoms with Crippen molar-refractivity contribution in [3.63, 3.8) is 0 Å². The number of carboxylic acids is 1. The van der Waals surface area contributed by atoms with Crippen molar-refractivity contribution in [2.45, 2.75) is 19.0 Å². The van der Waals surface area contributed by atoms with E-state index in [0.29, 0.717) is 11.3 Å². The molecule has 1 N–H and O–H groups in total. The van der Waals surface area contributed by atoms with Crippen molar-refractivity contribution in [3.8, 4) is 5.75 Å². The molecule has 3 nitrogen and oxygen atoms in total. The number of allylic oxidation sites excluding steroid dienone is 3. The van der Waals surface area contributed by atoms with Crippen LogP contribution in [0.2, 0.25) is 0 Å². The van der Waals surface area contributed by atoms with E-state index in [1.54, 1.807) is 31.4 Å². The molecular formula is C15H15FO3. The molecule has 0 aromatic heterocycles. The van der Waals surface area contributed by atoms with Crippen LogP contribution in [0.4, 0.5) is 4.39 Å². The van der Waals surface area contributed by atoms with E-state index in [9.17, 15) is 9.18 Å². The van der Waals surface area contributed by atoms with Crippen molar-refractivity contribution in [2.75, 3.05) is 7.11 Å². The van der Waals surface area contributed by atoms with E-state index in [2.05, 4.69) is 0 Å². The van der Waals surface area contributed by atoms with Crippen LogP contribution in [0, 0.1) is 0 Å². The zero-order valence-electron chi connectivity index (χ0n) is 10.8. The highest BCUT2D eigenvalue weighted by molar-refractivity contribution is 5.86. The fourth-order valence-electron chi connectivity index (χ4n) is 2.08. The van der Waals surface area contributed by atoms with Gasteiger partial charge >= 0.3 is 5.97 Å². The molecule has 0 radical (unpaired) electrons. The first kappa shape index (κ1) is 13.3. The Morgan fingerprint density at radius 2 is 2.00 bits per heavy atom. The van der Waals surface area contributed by atoms with Gasteiger partial charge in [0.15, 0.2) is 0 Å². The number of carbonyl (C=O) groups is 1. The number of hydrogen-bond acceptors (Lipinski definition) is 2. The summed E-state index contributed by atoms with van der Waals surface area (Å²) in [7, 11) is 1.57. The number of aliphatic carboxylic acids is 1. The van der Waals surface area contributed by atoms with E-state index in [1.807, 2.05) is 6.92 Å². The molecule has 0 heterocycles. The van der Waals surface area contributed by atoms with E-state index in [0.717, 1.165) is 17.2 Å². The monoisotopic (exact) mass is 262 g/mol. The smallest absolute Gasteiger partial charge is 0.345 e. The van der Waals surface area contributed by atoms with Crippen LogP contribution in [-0.4, -0.2) is 23.9 Å². The lowest BCUT2D eigenvalue weighted by Gasteiger charge is -2.24. The minimum Gasteiger partial charge on any atom is -0.497 e. The Bertz CT molecular complexity index is 557. The van der Waals surface area contributed by atoms with Gasteiger partial charge in [-0.3, -0.25) is 0 Å². The van der Waals surface area contributed by atoms with Gasteiger partial charge in [0.25, 0.3) is 0 Å². The molecule has 0 amide bonds. The van der Waals surface area contributed by atoms with Gasteiger partial charge in [0.1, 0.15) is 5.75 Å². The summed E-state index contributed by atoms with van der Waals surface area (Å²) in [5, 5.41) is 8.96. The number of ether oxygens (including phenoxy) is 1. The van der Waals surface area contributed by atoms with Crippen molar-refractivity contribution >= 4 is 11.5 Å². The third kappa shape index (κ3) is 2.52. The molecule has 1 unspecified atom stereocenters. The second-order valence-electron chi connectivity index (χ2n) is 4.57. The Labute approximate surface area is 111 Å². The molecule has 1 aromatic carbocycles. The van der Waals surface area contributed by atoms with Crippen molar-refractivity contribution in [1.82, 2.24) is 0 Å². The standard InChI is InChI=1S/C15H15FO3/c1-10-7-8-15(16,14(17)18)9-13(10)11-3-5-12(19-2)6-4-11/h3-8H,9H2,1-2H3,(H,17,18). The first-order valence-electron chi connectivity index (χ1n) is 5.92. The summed E-state index contributed by atoms with van der Waals surface area (Å²) in [6.45, 7) is 1.84. The Morgan fingerprint density at radius 3 is 2.53 bits per heavy atom. The molecule has 0 saturated heterocycles. The number of halogens is 1. The third-order valence-electron chi connectivity index (χ3n) is 3.30. The highest BCUT2D eigenvalue weighted by Crippen LogP contribution is 2.36. The average Bonchev–Trinajstić information content (AvgIpc) is 2.42. The van der Waals surface area contributed by atoms with E-state index >= 15 is 0 Å². The van der Waals surface area contributed by atoms with Crippen molar-refractivity contribution in [1.29, 1.82) is 0 Å². The van der Waals surface area contributed by atoms with E-state index in [4.69, 9.17) is 9.84 Å². The lowest BCUT2D eigenvalue weighted by atomic mass is 9.84. The van der Waals surface area contributed by atoms with Gasteiger partial charge < -0.3 is 9.84 Å². The lowest BCUT2D eigenvalue weighted by Crippen LogP contribution is -2.33. The molecular weight excluding hydrogens is 247 g/mol. The molecule has 4 heteroatoms. The summed E-state index contributed by atoms with van der Waals surface area (Å²) < 4.78 is 19.3. The largest absolute Gasteiger partial charge is 0.497 e. The maximum absolute atomic E-state index is 14.2. The maximum Gasteiger partial charge on any atom is 0.345 e. The average molecular weight is 262 g/mol. The predicted molar refractivity (Wildman–Crippen MR) is 70.8 cm³/mol. The molecule has 0 spiro atoms. The van der Waals surface area contributed by atoms with Crippen LogP contribution in [0.5, 0.6) is 5.75 Å². The normalized spacial score (nSPS) is 22.5. The number of carboxylic acid groups (broad SMARTS) is 1. The SMILES string of the molecule is COc1ccc(C2=C(C)C=CC(F)(C(=O)O)C2)cc1. The highest BCUT2D eigenvalue weighted by Gasteiger charge is 2.39. The third-order valence-corrected chi connectivity index (χ3v) is 3.30. The van der Waals surface area contributed by atoms with Crippen LogP contribution in [0.25, 0.3) is 5.57 Å². The van der Waals surface area contributed by atoms with Crippen LogP contribution in [0.1, 0.15) is 18.9 Å². The van der Waals surface area contributed by atoms with Crippen LogP contribution in [-0.2, 0) is 4.79 Å². The van der Waals surface area contributed by atoms with Gasteiger partial charge in [0, 0.05) is 6.42 Å². The van der Waals surface area contributed by atoms with Gasteiger partial charge in [-0.2, -0.15) is 0 Å². The fourth-order valence-corrected chi connectivity index (χ4v) is 2.08. The molecule has 100 valence electrons. The Balaban J connectivity index is 2.37. The number of methoxy groups -OCH3 is 1. The lowest BCUT2D eigenvalue weighted by molar-refractivity contribution is -0.147. The van der Waals surface area contributed by atoms with Gasteiger partial charge in [-0.25, -0.2) is 9.18 Å². The zero-order chi connectivity index (χ0) is 14.0. The van der Waals surface area contributed by atoms with Crippen molar-refractivity contribution in [3.05, 3.63) is 47.6 Å². The summed E-state index contributed by atoms with van der Waals surface area (Å²) >= 11 is 0. The van der Waals surface area contributed by atoms with Crippen LogP contribution >= 0.6 is 0 Å². The van der Waals surface area contributed by atoms with E-state index in [-0.39, 0.29) is 6.42 Å². The summed E-state index contributed by atoms with van der Waals surface area (Å²) in [5.41, 5.74) is 0.0649. The summed E-state index contributed by atoms with van der Waals surface area (Å²) in [5.74, 6) is -0.750. The Hall–Kier alpha value is -2.10. The van der Waals surface area contributed by atoms with Gasteiger partial charge in [0.05, 0.1) is 7.11 Å². The molecule has 1 aliphatic carbocycles. The predicted octanol–water partition coefficient (Wildman–Crippen LogP) is 3.22. The van der Waals surface area contributed by atoms with Gasteiger partial charge in [-0.1, -0.05) is 18.2 Å². The van der Waals surface area contributed by atoms with Crippen molar-refractivity contribution < 1.29 is 19.0 Å². The van der Waals surface area contributed by atoms with Gasteiger partial charge in [0.2, 0.25) is 5.67 Å². The van der Waals surface area contributed by atoms with Gasteiger partial charge in [-0.15, -0.1) is 0 Å². The second kappa shape index (κ2) is 4.88. The minimum absolute atomic E-state index is 0.156. The van der Waals surface area contributed by atoms with Crippen molar-refractivity contribution in [2.24, 2.45) is 0 Å². The molecule has 19 heavy (non-hydrogen) atoms. The molecule has 1 aliphatic rings. The molecule has 1 atom stereocenters. The van der Waals surface area contributed by atoms with E-state index in [1.165, 1.54) is 6.08 Å². The number of rotatable bonds is 3.